The molecule has 1 aliphatic heterocycles. The minimum Gasteiger partial charge on any atom is -0.389 e. The molecule has 1 heterocycles. The van der Waals surface area contributed by atoms with Crippen molar-refractivity contribution in [1.82, 2.24) is 0 Å². The van der Waals surface area contributed by atoms with Gasteiger partial charge in [0.15, 0.2) is 0 Å². The standard InChI is InChI=1S/C14H28O3S/c1-8(2)14-12(15)13(17-10(5)6)11(18-14)7-16-9(3)4/h8-15H,7H2,1-6H3/t11-,12-,13-,14?/m1/s1. The molecule has 0 radical (unpaired) electrons. The molecule has 0 aliphatic carbocycles. The van der Waals surface area contributed by atoms with Crippen LogP contribution in [0.2, 0.25) is 0 Å². The van der Waals surface area contributed by atoms with Gasteiger partial charge in [0.05, 0.1) is 36.3 Å². The first kappa shape index (κ1) is 16.3. The van der Waals surface area contributed by atoms with Crippen molar-refractivity contribution in [3.05, 3.63) is 0 Å². The van der Waals surface area contributed by atoms with Gasteiger partial charge in [-0.1, -0.05) is 13.8 Å². The Hall–Kier alpha value is 0.230. The Balaban J connectivity index is 2.66. The molecule has 0 aromatic heterocycles. The van der Waals surface area contributed by atoms with E-state index in [-0.39, 0.29) is 28.8 Å². The highest BCUT2D eigenvalue weighted by Crippen LogP contribution is 2.40. The van der Waals surface area contributed by atoms with Crippen LogP contribution in [0.25, 0.3) is 0 Å². The molecule has 0 spiro atoms. The second-order valence-corrected chi connectivity index (χ2v) is 7.33. The molecule has 1 unspecified atom stereocenters. The third-order valence-electron chi connectivity index (χ3n) is 3.05. The molecule has 108 valence electrons. The van der Waals surface area contributed by atoms with Crippen LogP contribution in [-0.2, 0) is 9.47 Å². The van der Waals surface area contributed by atoms with Crippen LogP contribution in [-0.4, -0.2) is 46.6 Å². The number of aliphatic hydroxyl groups is 1. The SMILES string of the molecule is CC(C)OC[C@H]1SC(C(C)C)[C@H](O)[C@@H]1OC(C)C. The number of aliphatic hydroxyl groups excluding tert-OH is 1. The smallest absolute Gasteiger partial charge is 0.0989 e. The number of ether oxygens (including phenoxy) is 2. The van der Waals surface area contributed by atoms with Gasteiger partial charge in [-0.3, -0.25) is 0 Å². The highest BCUT2D eigenvalue weighted by Gasteiger charge is 2.45. The van der Waals surface area contributed by atoms with Gasteiger partial charge >= 0.3 is 0 Å². The lowest BCUT2D eigenvalue weighted by Crippen LogP contribution is -2.39. The number of hydrogen-bond acceptors (Lipinski definition) is 4. The quantitative estimate of drug-likeness (QED) is 0.809. The first-order valence-electron chi connectivity index (χ1n) is 6.93. The zero-order valence-corrected chi connectivity index (χ0v) is 13.2. The molecule has 18 heavy (non-hydrogen) atoms. The molecule has 0 aromatic carbocycles. The van der Waals surface area contributed by atoms with E-state index in [9.17, 15) is 5.11 Å². The van der Waals surface area contributed by atoms with E-state index in [1.54, 1.807) is 0 Å². The van der Waals surface area contributed by atoms with Crippen LogP contribution >= 0.6 is 11.8 Å². The number of rotatable bonds is 6. The molecule has 0 saturated carbocycles. The first-order chi connectivity index (χ1) is 8.32. The third-order valence-corrected chi connectivity index (χ3v) is 4.94. The van der Waals surface area contributed by atoms with Gasteiger partial charge in [0.2, 0.25) is 0 Å². The summed E-state index contributed by atoms with van der Waals surface area (Å²) in [6.45, 7) is 13.1. The van der Waals surface area contributed by atoms with Gasteiger partial charge in [-0.05, 0) is 33.6 Å². The highest BCUT2D eigenvalue weighted by atomic mass is 32.2. The van der Waals surface area contributed by atoms with Gasteiger partial charge in [-0.25, -0.2) is 0 Å². The van der Waals surface area contributed by atoms with Crippen molar-refractivity contribution in [2.45, 2.75) is 76.5 Å². The predicted molar refractivity (Wildman–Crippen MR) is 77.1 cm³/mol. The van der Waals surface area contributed by atoms with Crippen LogP contribution in [0.15, 0.2) is 0 Å². The largest absolute Gasteiger partial charge is 0.389 e. The Morgan fingerprint density at radius 2 is 1.67 bits per heavy atom. The maximum atomic E-state index is 10.4. The second kappa shape index (κ2) is 7.13. The molecule has 0 bridgehead atoms. The van der Waals surface area contributed by atoms with Crippen LogP contribution in [0.1, 0.15) is 41.5 Å². The maximum absolute atomic E-state index is 10.4. The van der Waals surface area contributed by atoms with Crippen molar-refractivity contribution < 1.29 is 14.6 Å². The zero-order chi connectivity index (χ0) is 13.9. The first-order valence-corrected chi connectivity index (χ1v) is 7.87. The minimum absolute atomic E-state index is 0.110. The lowest BCUT2D eigenvalue weighted by Gasteiger charge is -2.25. The Morgan fingerprint density at radius 3 is 2.11 bits per heavy atom. The molecule has 1 saturated heterocycles. The summed E-state index contributed by atoms with van der Waals surface area (Å²) >= 11 is 1.82. The van der Waals surface area contributed by atoms with Gasteiger partial charge in [0, 0.05) is 5.25 Å². The highest BCUT2D eigenvalue weighted by molar-refractivity contribution is 8.01. The Morgan fingerprint density at radius 1 is 1.06 bits per heavy atom. The summed E-state index contributed by atoms with van der Waals surface area (Å²) in [6.07, 6.45) is -0.141. The van der Waals surface area contributed by atoms with E-state index in [4.69, 9.17) is 9.47 Å². The van der Waals surface area contributed by atoms with Gasteiger partial charge in [0.1, 0.15) is 0 Å². The molecular weight excluding hydrogens is 248 g/mol. The predicted octanol–water partition coefficient (Wildman–Crippen LogP) is 2.71. The third kappa shape index (κ3) is 4.41. The van der Waals surface area contributed by atoms with Crippen molar-refractivity contribution >= 4 is 11.8 Å². The Labute approximate surface area is 116 Å². The molecule has 1 fully saturated rings. The lowest BCUT2D eigenvalue weighted by molar-refractivity contribution is -0.0717. The normalized spacial score (nSPS) is 33.0. The molecular formula is C14H28O3S. The second-order valence-electron chi connectivity index (χ2n) is 5.91. The minimum atomic E-state index is -0.391. The van der Waals surface area contributed by atoms with Crippen molar-refractivity contribution in [1.29, 1.82) is 0 Å². The summed E-state index contributed by atoms with van der Waals surface area (Å²) in [7, 11) is 0. The summed E-state index contributed by atoms with van der Waals surface area (Å²) in [5, 5.41) is 10.9. The van der Waals surface area contributed by atoms with Crippen molar-refractivity contribution in [2.75, 3.05) is 6.61 Å². The van der Waals surface area contributed by atoms with E-state index in [0.29, 0.717) is 12.5 Å². The molecule has 4 atom stereocenters. The Kier molecular flexibility index (Phi) is 6.45. The monoisotopic (exact) mass is 276 g/mol. The topological polar surface area (TPSA) is 38.7 Å². The summed E-state index contributed by atoms with van der Waals surface area (Å²) in [6, 6.07) is 0. The van der Waals surface area contributed by atoms with Crippen LogP contribution in [0.4, 0.5) is 0 Å². The average Bonchev–Trinajstić information content (AvgIpc) is 2.53. The molecule has 0 aromatic rings. The molecule has 3 nitrogen and oxygen atoms in total. The van der Waals surface area contributed by atoms with E-state index < -0.39 is 6.10 Å². The van der Waals surface area contributed by atoms with Crippen molar-refractivity contribution in [3.8, 4) is 0 Å². The van der Waals surface area contributed by atoms with E-state index in [1.807, 2.05) is 39.5 Å². The number of hydrogen-bond donors (Lipinski definition) is 1. The van der Waals surface area contributed by atoms with Crippen LogP contribution < -0.4 is 0 Å². The van der Waals surface area contributed by atoms with E-state index >= 15 is 0 Å². The van der Waals surface area contributed by atoms with Crippen LogP contribution in [0, 0.1) is 5.92 Å². The molecule has 0 amide bonds. The van der Waals surface area contributed by atoms with Gasteiger partial charge in [-0.15, -0.1) is 11.8 Å². The van der Waals surface area contributed by atoms with Crippen LogP contribution in [0.3, 0.4) is 0 Å². The molecule has 1 aliphatic rings. The fourth-order valence-electron chi connectivity index (χ4n) is 2.22. The molecule has 1 N–H and O–H groups in total. The average molecular weight is 276 g/mol. The van der Waals surface area contributed by atoms with Crippen molar-refractivity contribution in [3.63, 3.8) is 0 Å². The van der Waals surface area contributed by atoms with Crippen LogP contribution in [0.5, 0.6) is 0 Å². The Bertz CT molecular complexity index is 243. The van der Waals surface area contributed by atoms with Gasteiger partial charge in [0.25, 0.3) is 0 Å². The van der Waals surface area contributed by atoms with Gasteiger partial charge < -0.3 is 14.6 Å². The molecule has 1 rings (SSSR count). The molecule has 4 heteroatoms. The summed E-state index contributed by atoms with van der Waals surface area (Å²) in [4.78, 5) is 0. The van der Waals surface area contributed by atoms with Gasteiger partial charge in [-0.2, -0.15) is 0 Å². The maximum Gasteiger partial charge on any atom is 0.0989 e. The summed E-state index contributed by atoms with van der Waals surface area (Å²) in [5.41, 5.74) is 0. The summed E-state index contributed by atoms with van der Waals surface area (Å²) < 4.78 is 11.6. The zero-order valence-electron chi connectivity index (χ0n) is 12.4. The summed E-state index contributed by atoms with van der Waals surface area (Å²) in [5.74, 6) is 0.451. The lowest BCUT2D eigenvalue weighted by atomic mass is 10.00. The number of thioether (sulfide) groups is 1. The van der Waals surface area contributed by atoms with Crippen molar-refractivity contribution in [2.24, 2.45) is 5.92 Å². The van der Waals surface area contributed by atoms with E-state index in [1.165, 1.54) is 0 Å². The fourth-order valence-corrected chi connectivity index (χ4v) is 3.79. The van der Waals surface area contributed by atoms with E-state index in [2.05, 4.69) is 13.8 Å². The van der Waals surface area contributed by atoms with E-state index in [0.717, 1.165) is 0 Å². The fraction of sp³-hybridized carbons (Fsp3) is 1.00.